The zero-order chi connectivity index (χ0) is 30.9. The van der Waals surface area contributed by atoms with Gasteiger partial charge in [0.15, 0.2) is 0 Å². The van der Waals surface area contributed by atoms with Gasteiger partial charge in [0.1, 0.15) is 23.4 Å². The van der Waals surface area contributed by atoms with Crippen molar-refractivity contribution in [3.8, 4) is 5.75 Å². The molecule has 4 bridgehead atoms. The first-order chi connectivity index (χ1) is 20.5. The van der Waals surface area contributed by atoms with Crippen molar-refractivity contribution in [3.63, 3.8) is 0 Å². The summed E-state index contributed by atoms with van der Waals surface area (Å²) in [6.45, 7) is 8.62. The van der Waals surface area contributed by atoms with E-state index < -0.39 is 47.4 Å². The number of cyclic esters (lactones) is 1. The smallest absolute Gasteiger partial charge is 0.330 e. The van der Waals surface area contributed by atoms with Crippen molar-refractivity contribution in [3.05, 3.63) is 42.0 Å². The van der Waals surface area contributed by atoms with E-state index in [9.17, 15) is 29.1 Å². The number of carbonyl (C=O) groups is 5. The molecule has 1 saturated carbocycles. The molecule has 1 aliphatic carbocycles. The molecule has 1 aromatic carbocycles. The van der Waals surface area contributed by atoms with Crippen LogP contribution < -0.4 is 10.1 Å². The van der Waals surface area contributed by atoms with Crippen LogP contribution in [-0.4, -0.2) is 81.9 Å². The fourth-order valence-corrected chi connectivity index (χ4v) is 6.53. The summed E-state index contributed by atoms with van der Waals surface area (Å²) >= 11 is 0. The second-order valence-corrected chi connectivity index (χ2v) is 12.5. The fourth-order valence-electron chi connectivity index (χ4n) is 6.53. The summed E-state index contributed by atoms with van der Waals surface area (Å²) in [5, 5.41) is 12.6. The van der Waals surface area contributed by atoms with E-state index in [4.69, 9.17) is 9.47 Å². The van der Waals surface area contributed by atoms with E-state index in [1.165, 1.54) is 11.0 Å². The zero-order valence-corrected chi connectivity index (χ0v) is 24.9. The fraction of sp³-hybridized carbons (Fsp3) is 0.594. The van der Waals surface area contributed by atoms with Gasteiger partial charge in [-0.1, -0.05) is 32.1 Å². The van der Waals surface area contributed by atoms with Crippen molar-refractivity contribution in [1.29, 1.82) is 0 Å². The number of carboxylic acid groups (broad SMARTS) is 1. The molecule has 43 heavy (non-hydrogen) atoms. The Morgan fingerprint density at radius 2 is 1.98 bits per heavy atom. The molecule has 3 heterocycles. The lowest BCUT2D eigenvalue weighted by molar-refractivity contribution is -0.152. The Hall–Kier alpha value is -3.89. The third kappa shape index (κ3) is 6.26. The molecular formula is C32H41N3O8. The molecule has 4 aliphatic rings. The third-order valence-corrected chi connectivity index (χ3v) is 9.31. The third-order valence-electron chi connectivity index (χ3n) is 9.31. The number of amides is 3. The van der Waals surface area contributed by atoms with Crippen LogP contribution in [0.3, 0.4) is 0 Å². The number of aliphatic carboxylic acids is 1. The summed E-state index contributed by atoms with van der Waals surface area (Å²) in [6.07, 6.45) is 3.32. The molecule has 11 heteroatoms. The lowest BCUT2D eigenvalue weighted by atomic mass is 9.90. The van der Waals surface area contributed by atoms with E-state index in [0.717, 1.165) is 11.1 Å². The lowest BCUT2D eigenvalue weighted by Gasteiger charge is -2.31. The lowest BCUT2D eigenvalue weighted by Crippen LogP contribution is -2.54. The van der Waals surface area contributed by atoms with Gasteiger partial charge in [-0.05, 0) is 43.2 Å². The van der Waals surface area contributed by atoms with Crippen LogP contribution in [0.15, 0.2) is 30.9 Å². The average Bonchev–Trinajstić information content (AvgIpc) is 3.54. The van der Waals surface area contributed by atoms with Crippen LogP contribution in [0.5, 0.6) is 5.75 Å². The summed E-state index contributed by atoms with van der Waals surface area (Å²) < 4.78 is 11.9. The van der Waals surface area contributed by atoms with Gasteiger partial charge in [-0.15, -0.1) is 6.58 Å². The standard InChI is InChI=1S/C32H41N3O8/c1-4-21-16-32(21,31(40)41)33-29(38)25-14-22-17-35(25)30(39)23(19(2)3)15-28(37)42-13-6-5-10-27(36)34-12-11-20-8-7-9-26(43-22)24(20)18-34/h4,7-9,19,21-23,25H,1,5-6,10-18H2,2-3H3,(H,33,38)(H,40,41)/t21-,22-,23+,25+,32-/m1/s1. The number of ether oxygens (including phenoxy) is 2. The van der Waals surface area contributed by atoms with Crippen LogP contribution in [0.4, 0.5) is 0 Å². The number of nitrogens with one attached hydrogen (secondary N) is 1. The number of hydrogen-bond donors (Lipinski definition) is 2. The molecule has 0 radical (unpaired) electrons. The number of rotatable bonds is 5. The molecule has 0 aromatic heterocycles. The van der Waals surface area contributed by atoms with Crippen molar-refractivity contribution in [2.24, 2.45) is 17.8 Å². The van der Waals surface area contributed by atoms with Gasteiger partial charge in [-0.3, -0.25) is 19.2 Å². The normalized spacial score (nSPS) is 29.7. The monoisotopic (exact) mass is 595 g/mol. The van der Waals surface area contributed by atoms with E-state index in [-0.39, 0.29) is 50.1 Å². The molecule has 5 atom stereocenters. The number of carboxylic acids is 1. The zero-order valence-electron chi connectivity index (χ0n) is 24.9. The Balaban J connectivity index is 1.46. The van der Waals surface area contributed by atoms with Crippen molar-refractivity contribution in [2.45, 2.75) is 83.0 Å². The molecule has 2 fully saturated rings. The SMILES string of the molecule is C=C[C@@H]1C[C@]1(NC(=O)[C@@H]1C[C@@H]2CN1C(=O)[C@H](C(C)C)CC(=O)OCCCCC(=O)N1CCc3cccc(c3C1)O2)C(=O)O. The highest BCUT2D eigenvalue weighted by Crippen LogP contribution is 2.45. The van der Waals surface area contributed by atoms with Crippen LogP contribution >= 0.6 is 0 Å². The van der Waals surface area contributed by atoms with E-state index in [0.29, 0.717) is 44.5 Å². The first kappa shape index (κ1) is 30.6. The quantitative estimate of drug-likeness (QED) is 0.391. The van der Waals surface area contributed by atoms with Crippen LogP contribution in [0.25, 0.3) is 0 Å². The van der Waals surface area contributed by atoms with Crippen molar-refractivity contribution in [1.82, 2.24) is 15.1 Å². The van der Waals surface area contributed by atoms with Gasteiger partial charge in [-0.25, -0.2) is 4.79 Å². The Labute approximate surface area is 251 Å². The number of esters is 1. The Morgan fingerprint density at radius 1 is 1.19 bits per heavy atom. The summed E-state index contributed by atoms with van der Waals surface area (Å²) in [6, 6.07) is 4.78. The van der Waals surface area contributed by atoms with Crippen LogP contribution in [0.2, 0.25) is 0 Å². The van der Waals surface area contributed by atoms with Gasteiger partial charge in [0.25, 0.3) is 0 Å². The molecule has 5 rings (SSSR count). The predicted octanol–water partition coefficient (Wildman–Crippen LogP) is 2.45. The second-order valence-electron chi connectivity index (χ2n) is 12.5. The minimum absolute atomic E-state index is 0.0346. The molecule has 2 N–H and O–H groups in total. The van der Waals surface area contributed by atoms with E-state index in [1.807, 2.05) is 36.9 Å². The van der Waals surface area contributed by atoms with Crippen LogP contribution in [-0.2, 0) is 41.7 Å². The van der Waals surface area contributed by atoms with E-state index in [1.54, 1.807) is 0 Å². The van der Waals surface area contributed by atoms with Crippen LogP contribution in [0.1, 0.15) is 63.5 Å². The van der Waals surface area contributed by atoms with Gasteiger partial charge in [0.05, 0.1) is 25.5 Å². The molecular weight excluding hydrogens is 554 g/mol. The maximum Gasteiger partial charge on any atom is 0.330 e. The van der Waals surface area contributed by atoms with E-state index >= 15 is 0 Å². The molecule has 3 aliphatic heterocycles. The molecule has 1 saturated heterocycles. The van der Waals surface area contributed by atoms with Crippen LogP contribution in [0, 0.1) is 17.8 Å². The Morgan fingerprint density at radius 3 is 2.67 bits per heavy atom. The Kier molecular flexibility index (Phi) is 8.80. The number of hydrogen-bond acceptors (Lipinski definition) is 7. The number of benzene rings is 1. The molecule has 0 spiro atoms. The van der Waals surface area contributed by atoms with Crippen molar-refractivity contribution < 1.29 is 38.6 Å². The topological polar surface area (TPSA) is 143 Å². The minimum atomic E-state index is -1.45. The molecule has 232 valence electrons. The first-order valence-corrected chi connectivity index (χ1v) is 15.2. The number of nitrogens with zero attached hydrogens (tertiary/aromatic N) is 2. The molecule has 0 unspecified atom stereocenters. The number of fused-ring (bicyclic) bond motifs is 3. The predicted molar refractivity (Wildman–Crippen MR) is 155 cm³/mol. The highest BCUT2D eigenvalue weighted by Gasteiger charge is 2.61. The average molecular weight is 596 g/mol. The highest BCUT2D eigenvalue weighted by molar-refractivity contribution is 5.95. The van der Waals surface area contributed by atoms with E-state index in [2.05, 4.69) is 11.9 Å². The minimum Gasteiger partial charge on any atom is -0.488 e. The van der Waals surface area contributed by atoms with Gasteiger partial charge in [-0.2, -0.15) is 0 Å². The Bertz CT molecular complexity index is 1310. The molecule has 3 amide bonds. The molecule has 1 aromatic rings. The molecule has 11 nitrogen and oxygen atoms in total. The van der Waals surface area contributed by atoms with Gasteiger partial charge >= 0.3 is 11.9 Å². The van der Waals surface area contributed by atoms with Crippen molar-refractivity contribution >= 4 is 29.7 Å². The van der Waals surface area contributed by atoms with Crippen molar-refractivity contribution in [2.75, 3.05) is 19.7 Å². The summed E-state index contributed by atoms with van der Waals surface area (Å²) in [5.74, 6) is -3.34. The first-order valence-electron chi connectivity index (χ1n) is 15.2. The van der Waals surface area contributed by atoms with Gasteiger partial charge < -0.3 is 29.7 Å². The maximum atomic E-state index is 14.0. The summed E-state index contributed by atoms with van der Waals surface area (Å²) in [5.41, 5.74) is 0.560. The van der Waals surface area contributed by atoms with Gasteiger partial charge in [0, 0.05) is 37.4 Å². The van der Waals surface area contributed by atoms with Gasteiger partial charge in [0.2, 0.25) is 17.7 Å². The maximum absolute atomic E-state index is 14.0. The largest absolute Gasteiger partial charge is 0.488 e. The highest BCUT2D eigenvalue weighted by atomic mass is 16.5. The summed E-state index contributed by atoms with van der Waals surface area (Å²) in [4.78, 5) is 68.8. The second kappa shape index (κ2) is 12.4. The number of carbonyl (C=O) groups excluding carboxylic acids is 4. The summed E-state index contributed by atoms with van der Waals surface area (Å²) in [7, 11) is 0.